The molecule has 1 aliphatic heterocycles. The lowest BCUT2D eigenvalue weighted by Gasteiger charge is -2.23. The summed E-state index contributed by atoms with van der Waals surface area (Å²) in [6.45, 7) is 1.56. The average Bonchev–Trinajstić information content (AvgIpc) is 2.72. The van der Waals surface area contributed by atoms with Gasteiger partial charge in [0.2, 0.25) is 5.91 Å². The summed E-state index contributed by atoms with van der Waals surface area (Å²) in [6, 6.07) is 5.58. The Labute approximate surface area is 109 Å². The molecule has 1 fully saturated rings. The predicted molar refractivity (Wildman–Crippen MR) is 71.2 cm³/mol. The van der Waals surface area contributed by atoms with Crippen molar-refractivity contribution < 1.29 is 4.79 Å². The summed E-state index contributed by atoms with van der Waals surface area (Å²) in [5, 5.41) is 0. The Hall–Kier alpha value is -1.07. The van der Waals surface area contributed by atoms with Gasteiger partial charge in [0.15, 0.2) is 0 Å². The first-order chi connectivity index (χ1) is 8.09. The average molecular weight is 298 g/mol. The Morgan fingerprint density at radius 1 is 1.53 bits per heavy atom. The monoisotopic (exact) mass is 297 g/mol. The highest BCUT2D eigenvalue weighted by Gasteiger charge is 2.29. The summed E-state index contributed by atoms with van der Waals surface area (Å²) >= 11 is 3.49. The van der Waals surface area contributed by atoms with Crippen LogP contribution in [0.15, 0.2) is 22.7 Å². The van der Waals surface area contributed by atoms with Crippen molar-refractivity contribution in [1.82, 2.24) is 4.90 Å². The van der Waals surface area contributed by atoms with Crippen molar-refractivity contribution in [3.63, 3.8) is 0 Å². The normalized spacial score (nSPS) is 20.6. The van der Waals surface area contributed by atoms with Gasteiger partial charge in [0.1, 0.15) is 0 Å². The number of carbonyl (C=O) groups excluding carboxylic acids is 1. The van der Waals surface area contributed by atoms with Gasteiger partial charge < -0.3 is 11.5 Å². The van der Waals surface area contributed by atoms with E-state index >= 15 is 0 Å². The van der Waals surface area contributed by atoms with E-state index in [-0.39, 0.29) is 11.9 Å². The van der Waals surface area contributed by atoms with Crippen molar-refractivity contribution in [3.8, 4) is 0 Å². The molecule has 17 heavy (non-hydrogen) atoms. The third-order valence-electron chi connectivity index (χ3n) is 3.21. The van der Waals surface area contributed by atoms with Gasteiger partial charge >= 0.3 is 0 Å². The highest BCUT2D eigenvalue weighted by molar-refractivity contribution is 9.10. The van der Waals surface area contributed by atoms with Crippen molar-refractivity contribution in [2.45, 2.75) is 25.4 Å². The number of hydrogen-bond acceptors (Lipinski definition) is 3. The Kier molecular flexibility index (Phi) is 3.69. The maximum Gasteiger partial charge on any atom is 0.234 e. The number of nitrogens with zero attached hydrogens (tertiary/aromatic N) is 1. The van der Waals surface area contributed by atoms with E-state index in [1.807, 2.05) is 18.2 Å². The molecule has 0 bridgehead atoms. The number of rotatable bonds is 3. The van der Waals surface area contributed by atoms with E-state index in [0.29, 0.717) is 6.54 Å². The second kappa shape index (κ2) is 5.06. The number of nitrogen functional groups attached to an aromatic ring is 1. The first-order valence-corrected chi connectivity index (χ1v) is 6.45. The Bertz CT molecular complexity index is 416. The van der Waals surface area contributed by atoms with Gasteiger partial charge in [-0.25, -0.2) is 0 Å². The number of amides is 1. The maximum absolute atomic E-state index is 11.3. The summed E-state index contributed by atoms with van der Waals surface area (Å²) in [5.41, 5.74) is 13.1. The molecule has 0 aromatic heterocycles. The molecule has 0 radical (unpaired) electrons. The maximum atomic E-state index is 11.3. The zero-order valence-electron chi connectivity index (χ0n) is 9.53. The van der Waals surface area contributed by atoms with Gasteiger partial charge in [-0.3, -0.25) is 9.69 Å². The molecule has 1 unspecified atom stereocenters. The number of anilines is 1. The zero-order chi connectivity index (χ0) is 12.4. The van der Waals surface area contributed by atoms with Gasteiger partial charge in [0, 0.05) is 22.3 Å². The molecular weight excluding hydrogens is 282 g/mol. The molecule has 0 aliphatic carbocycles. The summed E-state index contributed by atoms with van der Waals surface area (Å²) < 4.78 is 0.979. The zero-order valence-corrected chi connectivity index (χ0v) is 11.1. The molecule has 1 aromatic carbocycles. The quantitative estimate of drug-likeness (QED) is 0.830. The van der Waals surface area contributed by atoms with Gasteiger partial charge in [-0.1, -0.05) is 22.0 Å². The SMILES string of the molecule is NC(=O)C1CCCN1Cc1c(N)cccc1Br. The van der Waals surface area contributed by atoms with Crippen LogP contribution >= 0.6 is 15.9 Å². The first kappa shape index (κ1) is 12.4. The Morgan fingerprint density at radius 2 is 2.29 bits per heavy atom. The molecule has 1 saturated heterocycles. The number of benzene rings is 1. The van der Waals surface area contributed by atoms with Crippen LogP contribution in [-0.2, 0) is 11.3 Å². The van der Waals surface area contributed by atoms with Crippen LogP contribution in [0.1, 0.15) is 18.4 Å². The van der Waals surface area contributed by atoms with E-state index in [9.17, 15) is 4.79 Å². The summed E-state index contributed by atoms with van der Waals surface area (Å²) in [4.78, 5) is 13.4. The first-order valence-electron chi connectivity index (χ1n) is 5.66. The molecule has 4 nitrogen and oxygen atoms in total. The fraction of sp³-hybridized carbons (Fsp3) is 0.417. The smallest absolute Gasteiger partial charge is 0.234 e. The molecule has 1 amide bonds. The number of primary amides is 1. The topological polar surface area (TPSA) is 72.4 Å². The second-order valence-electron chi connectivity index (χ2n) is 4.34. The van der Waals surface area contributed by atoms with Gasteiger partial charge in [0.05, 0.1) is 6.04 Å². The van der Waals surface area contributed by atoms with Gasteiger partial charge in [-0.05, 0) is 31.5 Å². The number of carbonyl (C=O) groups is 1. The van der Waals surface area contributed by atoms with Crippen LogP contribution in [0, 0.1) is 0 Å². The lowest BCUT2D eigenvalue weighted by atomic mass is 10.1. The van der Waals surface area contributed by atoms with E-state index in [1.165, 1.54) is 0 Å². The third-order valence-corrected chi connectivity index (χ3v) is 3.95. The lowest BCUT2D eigenvalue weighted by Crippen LogP contribution is -2.39. The summed E-state index contributed by atoms with van der Waals surface area (Å²) in [7, 11) is 0. The second-order valence-corrected chi connectivity index (χ2v) is 5.19. The minimum Gasteiger partial charge on any atom is -0.398 e. The number of halogens is 1. The van der Waals surface area contributed by atoms with Gasteiger partial charge in [-0.15, -0.1) is 0 Å². The molecule has 0 saturated carbocycles. The van der Waals surface area contributed by atoms with Crippen LogP contribution in [0.5, 0.6) is 0 Å². The minimum absolute atomic E-state index is 0.151. The molecule has 1 aliphatic rings. The summed E-state index contributed by atoms with van der Waals surface area (Å²) in [5.74, 6) is -0.242. The van der Waals surface area contributed by atoms with Crippen LogP contribution < -0.4 is 11.5 Å². The van der Waals surface area contributed by atoms with Gasteiger partial charge in [0.25, 0.3) is 0 Å². The van der Waals surface area contributed by atoms with Crippen LogP contribution in [0.2, 0.25) is 0 Å². The predicted octanol–water partition coefficient (Wildman–Crippen LogP) is 1.48. The number of hydrogen-bond donors (Lipinski definition) is 2. The third kappa shape index (κ3) is 2.61. The molecule has 0 spiro atoms. The standard InChI is InChI=1S/C12H16BrN3O/c13-9-3-1-4-10(14)8(9)7-16-6-2-5-11(16)12(15)17/h1,3-4,11H,2,5-7,14H2,(H2,15,17). The molecule has 92 valence electrons. The fourth-order valence-corrected chi connectivity index (χ4v) is 2.79. The molecule has 1 aromatic rings. The minimum atomic E-state index is -0.242. The molecule has 2 rings (SSSR count). The van der Waals surface area contributed by atoms with Crippen molar-refractivity contribution in [2.24, 2.45) is 5.73 Å². The molecule has 5 heteroatoms. The van der Waals surface area contributed by atoms with E-state index in [0.717, 1.165) is 35.1 Å². The van der Waals surface area contributed by atoms with Crippen LogP contribution in [0.4, 0.5) is 5.69 Å². The van der Waals surface area contributed by atoms with E-state index in [1.54, 1.807) is 0 Å². The van der Waals surface area contributed by atoms with Gasteiger partial charge in [-0.2, -0.15) is 0 Å². The molecular formula is C12H16BrN3O. The van der Waals surface area contributed by atoms with E-state index < -0.39 is 0 Å². The van der Waals surface area contributed by atoms with Crippen molar-refractivity contribution in [2.75, 3.05) is 12.3 Å². The molecule has 4 N–H and O–H groups in total. The Morgan fingerprint density at radius 3 is 2.94 bits per heavy atom. The van der Waals surface area contributed by atoms with E-state index in [4.69, 9.17) is 11.5 Å². The lowest BCUT2D eigenvalue weighted by molar-refractivity contribution is -0.122. The van der Waals surface area contributed by atoms with Crippen molar-refractivity contribution in [1.29, 1.82) is 0 Å². The Balaban J connectivity index is 2.18. The van der Waals surface area contributed by atoms with Crippen molar-refractivity contribution in [3.05, 3.63) is 28.2 Å². The van der Waals surface area contributed by atoms with Crippen LogP contribution in [0.3, 0.4) is 0 Å². The van der Waals surface area contributed by atoms with Crippen LogP contribution in [0.25, 0.3) is 0 Å². The molecule has 1 heterocycles. The summed E-state index contributed by atoms with van der Waals surface area (Å²) in [6.07, 6.45) is 1.86. The van der Waals surface area contributed by atoms with Crippen LogP contribution in [-0.4, -0.2) is 23.4 Å². The fourth-order valence-electron chi connectivity index (χ4n) is 2.28. The largest absolute Gasteiger partial charge is 0.398 e. The number of likely N-dealkylation sites (tertiary alicyclic amines) is 1. The van der Waals surface area contributed by atoms with E-state index in [2.05, 4.69) is 20.8 Å². The highest BCUT2D eigenvalue weighted by Crippen LogP contribution is 2.27. The van der Waals surface area contributed by atoms with Crippen molar-refractivity contribution >= 4 is 27.5 Å². The molecule has 1 atom stereocenters. The number of nitrogens with two attached hydrogens (primary N) is 2. The highest BCUT2D eigenvalue weighted by atomic mass is 79.9.